The molecular formula is C6H15NO2S. The van der Waals surface area contributed by atoms with Gasteiger partial charge in [-0.1, -0.05) is 6.92 Å². The third kappa shape index (κ3) is 3.85. The molecule has 0 aromatic carbocycles. The largest absolute Gasteiger partial charge is 0.316 e. The lowest BCUT2D eigenvalue weighted by molar-refractivity contribution is 0.580. The zero-order valence-corrected chi connectivity index (χ0v) is 7.53. The fourth-order valence-electron chi connectivity index (χ4n) is 0.499. The van der Waals surface area contributed by atoms with Gasteiger partial charge in [0.2, 0.25) is 0 Å². The smallest absolute Gasteiger partial charge is 0.151 e. The van der Waals surface area contributed by atoms with Gasteiger partial charge in [0.05, 0.1) is 5.25 Å². The summed E-state index contributed by atoms with van der Waals surface area (Å²) in [6, 6.07) is 0. The first-order valence-corrected chi connectivity index (χ1v) is 5.33. The molecule has 0 aromatic rings. The molecule has 0 heterocycles. The Labute approximate surface area is 62.7 Å². The molecule has 4 heteroatoms. The van der Waals surface area contributed by atoms with Gasteiger partial charge in [-0.05, 0) is 13.5 Å². The highest BCUT2D eigenvalue weighted by Gasteiger charge is 2.12. The van der Waals surface area contributed by atoms with Crippen LogP contribution in [-0.4, -0.2) is 33.0 Å². The molecule has 62 valence electrons. The number of hydrogen-bond donors (Lipinski definition) is 1. The number of sulfone groups is 1. The molecule has 0 saturated heterocycles. The van der Waals surface area contributed by atoms with Gasteiger partial charge in [0.25, 0.3) is 0 Å². The van der Waals surface area contributed by atoms with Gasteiger partial charge in [0.15, 0.2) is 9.84 Å². The van der Waals surface area contributed by atoms with E-state index in [0.29, 0.717) is 6.54 Å². The van der Waals surface area contributed by atoms with Gasteiger partial charge in [-0.2, -0.15) is 0 Å². The first kappa shape index (κ1) is 9.91. The van der Waals surface area contributed by atoms with Crippen LogP contribution in [0.25, 0.3) is 0 Å². The summed E-state index contributed by atoms with van der Waals surface area (Å²) in [4.78, 5) is 0. The fourth-order valence-corrected chi connectivity index (χ4v) is 0.920. The lowest BCUT2D eigenvalue weighted by atomic mass is 10.5. The molecule has 0 aromatic heterocycles. The summed E-state index contributed by atoms with van der Waals surface area (Å²) in [6.45, 7) is 5.03. The van der Waals surface area contributed by atoms with Gasteiger partial charge < -0.3 is 5.32 Å². The van der Waals surface area contributed by atoms with Gasteiger partial charge in [-0.15, -0.1) is 0 Å². The molecule has 0 aliphatic carbocycles. The minimum Gasteiger partial charge on any atom is -0.316 e. The second-order valence-electron chi connectivity index (χ2n) is 2.45. The number of hydrogen-bond acceptors (Lipinski definition) is 3. The fraction of sp³-hybridized carbons (Fsp3) is 1.00. The van der Waals surface area contributed by atoms with Crippen LogP contribution in [-0.2, 0) is 9.84 Å². The van der Waals surface area contributed by atoms with Crippen LogP contribution in [0.4, 0.5) is 0 Å². The highest BCUT2D eigenvalue weighted by Crippen LogP contribution is 1.94. The minimum atomic E-state index is -2.84. The van der Waals surface area contributed by atoms with Crippen molar-refractivity contribution in [2.75, 3.05) is 19.3 Å². The third-order valence-electron chi connectivity index (χ3n) is 1.41. The molecule has 1 atom stereocenters. The predicted octanol–water partition coefficient (Wildman–Crippen LogP) is 0.0290. The maximum Gasteiger partial charge on any atom is 0.151 e. The summed E-state index contributed by atoms with van der Waals surface area (Å²) in [5, 5.41) is 2.70. The standard InChI is InChI=1S/C6H15NO2S/c1-4-7-5-6(2)10(3,8)9/h6-7H,4-5H2,1-3H3. The van der Waals surface area contributed by atoms with E-state index in [9.17, 15) is 8.42 Å². The first-order valence-electron chi connectivity index (χ1n) is 3.38. The summed E-state index contributed by atoms with van der Waals surface area (Å²) < 4.78 is 21.6. The summed E-state index contributed by atoms with van der Waals surface area (Å²) >= 11 is 0. The highest BCUT2D eigenvalue weighted by atomic mass is 32.2. The molecule has 0 bridgehead atoms. The van der Waals surface area contributed by atoms with Gasteiger partial charge in [0.1, 0.15) is 0 Å². The van der Waals surface area contributed by atoms with Crippen LogP contribution in [0.1, 0.15) is 13.8 Å². The van der Waals surface area contributed by atoms with Crippen LogP contribution in [0, 0.1) is 0 Å². The Kier molecular flexibility index (Phi) is 3.89. The summed E-state index contributed by atoms with van der Waals surface area (Å²) in [7, 11) is -2.84. The van der Waals surface area contributed by atoms with Crippen LogP contribution in [0.5, 0.6) is 0 Å². The van der Waals surface area contributed by atoms with Gasteiger partial charge in [-0.25, -0.2) is 8.42 Å². The molecule has 0 amide bonds. The highest BCUT2D eigenvalue weighted by molar-refractivity contribution is 7.91. The van der Waals surface area contributed by atoms with Crippen molar-refractivity contribution in [3.63, 3.8) is 0 Å². The Morgan fingerprint density at radius 3 is 2.30 bits per heavy atom. The molecule has 10 heavy (non-hydrogen) atoms. The molecule has 0 rings (SSSR count). The van der Waals surface area contributed by atoms with Gasteiger partial charge >= 0.3 is 0 Å². The minimum absolute atomic E-state index is 0.271. The monoisotopic (exact) mass is 165 g/mol. The summed E-state index contributed by atoms with van der Waals surface area (Å²) in [6.07, 6.45) is 1.26. The molecular weight excluding hydrogens is 150 g/mol. The quantitative estimate of drug-likeness (QED) is 0.639. The average Bonchev–Trinajstić information content (AvgIpc) is 1.80. The van der Waals surface area contributed by atoms with E-state index in [1.807, 2.05) is 6.92 Å². The molecule has 0 spiro atoms. The van der Waals surface area contributed by atoms with E-state index < -0.39 is 9.84 Å². The second kappa shape index (κ2) is 3.93. The van der Waals surface area contributed by atoms with E-state index in [2.05, 4.69) is 5.32 Å². The maximum absolute atomic E-state index is 10.8. The van der Waals surface area contributed by atoms with Crippen molar-refractivity contribution in [2.24, 2.45) is 0 Å². The Morgan fingerprint density at radius 2 is 2.00 bits per heavy atom. The van der Waals surface area contributed by atoms with Crippen molar-refractivity contribution in [3.8, 4) is 0 Å². The molecule has 0 radical (unpaired) electrons. The Balaban J connectivity index is 3.75. The molecule has 0 aliphatic heterocycles. The van der Waals surface area contributed by atoms with Crippen LogP contribution in [0.2, 0.25) is 0 Å². The number of nitrogens with one attached hydrogen (secondary N) is 1. The van der Waals surface area contributed by atoms with E-state index in [1.165, 1.54) is 6.26 Å². The van der Waals surface area contributed by atoms with Crippen LogP contribution < -0.4 is 5.32 Å². The molecule has 0 saturated carbocycles. The Morgan fingerprint density at radius 1 is 1.50 bits per heavy atom. The van der Waals surface area contributed by atoms with Gasteiger partial charge in [0, 0.05) is 12.8 Å². The second-order valence-corrected chi connectivity index (χ2v) is 4.91. The predicted molar refractivity (Wildman–Crippen MR) is 42.8 cm³/mol. The van der Waals surface area contributed by atoms with Crippen LogP contribution in [0.3, 0.4) is 0 Å². The molecule has 1 unspecified atom stereocenters. The molecule has 1 N–H and O–H groups in total. The van der Waals surface area contributed by atoms with E-state index in [1.54, 1.807) is 6.92 Å². The first-order chi connectivity index (χ1) is 4.48. The van der Waals surface area contributed by atoms with E-state index in [-0.39, 0.29) is 5.25 Å². The normalized spacial score (nSPS) is 15.1. The summed E-state index contributed by atoms with van der Waals surface area (Å²) in [5.41, 5.74) is 0. The zero-order valence-electron chi connectivity index (χ0n) is 6.72. The topological polar surface area (TPSA) is 46.2 Å². The van der Waals surface area contributed by atoms with Crippen LogP contribution in [0.15, 0.2) is 0 Å². The summed E-state index contributed by atoms with van der Waals surface area (Å²) in [5.74, 6) is 0. The Hall–Kier alpha value is -0.0900. The van der Waals surface area contributed by atoms with E-state index >= 15 is 0 Å². The SMILES string of the molecule is CCNCC(C)S(C)(=O)=O. The van der Waals surface area contributed by atoms with Crippen molar-refractivity contribution < 1.29 is 8.42 Å². The van der Waals surface area contributed by atoms with Crippen molar-refractivity contribution in [3.05, 3.63) is 0 Å². The molecule has 0 fully saturated rings. The lowest BCUT2D eigenvalue weighted by Crippen LogP contribution is -2.30. The zero-order chi connectivity index (χ0) is 8.20. The van der Waals surface area contributed by atoms with Crippen molar-refractivity contribution in [1.82, 2.24) is 5.32 Å². The van der Waals surface area contributed by atoms with E-state index in [0.717, 1.165) is 6.54 Å². The number of rotatable bonds is 4. The third-order valence-corrected chi connectivity index (χ3v) is 3.04. The average molecular weight is 165 g/mol. The molecule has 3 nitrogen and oxygen atoms in total. The van der Waals surface area contributed by atoms with Crippen molar-refractivity contribution in [2.45, 2.75) is 19.1 Å². The molecule has 0 aliphatic rings. The van der Waals surface area contributed by atoms with Crippen LogP contribution >= 0.6 is 0 Å². The van der Waals surface area contributed by atoms with Crippen molar-refractivity contribution >= 4 is 9.84 Å². The van der Waals surface area contributed by atoms with Crippen molar-refractivity contribution in [1.29, 1.82) is 0 Å². The van der Waals surface area contributed by atoms with E-state index in [4.69, 9.17) is 0 Å². The maximum atomic E-state index is 10.8. The lowest BCUT2D eigenvalue weighted by Gasteiger charge is -2.08. The van der Waals surface area contributed by atoms with Gasteiger partial charge in [-0.3, -0.25) is 0 Å². The Bertz CT molecular complexity index is 174.